The quantitative estimate of drug-likeness (QED) is 0.679. The molecule has 0 amide bonds. The molecule has 0 radical (unpaired) electrons. The molecule has 5 rings (SSSR count). The summed E-state index contributed by atoms with van der Waals surface area (Å²) in [4.78, 5) is 4.64. The van der Waals surface area contributed by atoms with Gasteiger partial charge in [-0.15, -0.1) is 10.2 Å². The lowest BCUT2D eigenvalue weighted by molar-refractivity contribution is 0.337. The number of fused-ring (bicyclic) bond motifs is 3. The predicted molar refractivity (Wildman–Crippen MR) is 79.1 cm³/mol. The van der Waals surface area contributed by atoms with Gasteiger partial charge < -0.3 is 4.52 Å². The van der Waals surface area contributed by atoms with Crippen LogP contribution in [-0.4, -0.2) is 24.7 Å². The summed E-state index contributed by atoms with van der Waals surface area (Å²) in [6.45, 7) is 1.92. The molecule has 0 aromatic carbocycles. The van der Waals surface area contributed by atoms with E-state index in [2.05, 4.69) is 32.5 Å². The summed E-state index contributed by atoms with van der Waals surface area (Å²) in [5, 5.41) is 12.3. The number of rotatable bonds is 2. The lowest BCUT2D eigenvalue weighted by Gasteiger charge is -2.12. The van der Waals surface area contributed by atoms with E-state index >= 15 is 0 Å². The number of aromatic nitrogens is 5. The van der Waals surface area contributed by atoms with Crippen LogP contribution in [0.15, 0.2) is 35.0 Å². The molecule has 0 spiro atoms. The number of nitrogens with zero attached hydrogens (tertiary/aromatic N) is 5. The van der Waals surface area contributed by atoms with Crippen molar-refractivity contribution in [3.8, 4) is 11.4 Å². The Kier molecular flexibility index (Phi) is 2.34. The van der Waals surface area contributed by atoms with Gasteiger partial charge in [-0.25, -0.2) is 0 Å². The Labute approximate surface area is 126 Å². The van der Waals surface area contributed by atoms with E-state index in [1.54, 1.807) is 0 Å². The van der Waals surface area contributed by atoms with Crippen LogP contribution >= 0.6 is 0 Å². The van der Waals surface area contributed by atoms with Crippen LogP contribution < -0.4 is 0 Å². The number of hydrogen-bond donors (Lipinski definition) is 0. The molecule has 1 fully saturated rings. The van der Waals surface area contributed by atoms with E-state index in [9.17, 15) is 0 Å². The summed E-state index contributed by atoms with van der Waals surface area (Å²) in [7, 11) is 0. The standard InChI is InChI=1S/C16H15N5O/c1-9-18-19-14-5-4-12(8-21(9)14)15-17-16(22-20-15)13-7-10-2-3-11(13)6-10/h2-5,8,10-11,13H,6-7H2,1H3. The Hall–Kier alpha value is -2.50. The van der Waals surface area contributed by atoms with E-state index in [1.165, 1.54) is 6.42 Å². The predicted octanol–water partition coefficient (Wildman–Crippen LogP) is 2.77. The average molecular weight is 293 g/mol. The van der Waals surface area contributed by atoms with E-state index < -0.39 is 0 Å². The first kappa shape index (κ1) is 12.1. The molecule has 2 bridgehead atoms. The second kappa shape index (κ2) is 4.25. The van der Waals surface area contributed by atoms with Crippen LogP contribution in [0.4, 0.5) is 0 Å². The second-order valence-electron chi connectivity index (χ2n) is 6.24. The SMILES string of the molecule is Cc1nnc2ccc(-c3noc(C4CC5C=CC4C5)n3)cn12. The normalized spacial score (nSPS) is 26.3. The summed E-state index contributed by atoms with van der Waals surface area (Å²) >= 11 is 0. The molecule has 0 N–H and O–H groups in total. The maximum atomic E-state index is 5.54. The van der Waals surface area contributed by atoms with Crippen molar-refractivity contribution >= 4 is 5.65 Å². The van der Waals surface area contributed by atoms with Crippen LogP contribution in [0.2, 0.25) is 0 Å². The second-order valence-corrected chi connectivity index (χ2v) is 6.24. The van der Waals surface area contributed by atoms with E-state index in [0.717, 1.165) is 29.3 Å². The van der Waals surface area contributed by atoms with Crippen LogP contribution in [0.5, 0.6) is 0 Å². The van der Waals surface area contributed by atoms with Crippen molar-refractivity contribution in [3.05, 3.63) is 42.2 Å². The zero-order valence-corrected chi connectivity index (χ0v) is 12.2. The van der Waals surface area contributed by atoms with Gasteiger partial charge in [-0.2, -0.15) is 4.98 Å². The lowest BCUT2D eigenvalue weighted by atomic mass is 9.94. The van der Waals surface area contributed by atoms with Crippen molar-refractivity contribution in [1.82, 2.24) is 24.7 Å². The van der Waals surface area contributed by atoms with Gasteiger partial charge in [0.2, 0.25) is 11.7 Å². The van der Waals surface area contributed by atoms with Gasteiger partial charge in [0, 0.05) is 17.7 Å². The third kappa shape index (κ3) is 1.66. The molecule has 0 aliphatic heterocycles. The van der Waals surface area contributed by atoms with Crippen LogP contribution in [0, 0.1) is 18.8 Å². The smallest absolute Gasteiger partial charge is 0.230 e. The Bertz CT molecular complexity index is 893. The summed E-state index contributed by atoms with van der Waals surface area (Å²) in [6.07, 6.45) is 8.94. The number of pyridine rings is 1. The molecule has 3 atom stereocenters. The zero-order valence-electron chi connectivity index (χ0n) is 12.2. The molecule has 3 aromatic heterocycles. The van der Waals surface area contributed by atoms with Crippen molar-refractivity contribution in [1.29, 1.82) is 0 Å². The van der Waals surface area contributed by atoms with Crippen molar-refractivity contribution in [2.24, 2.45) is 11.8 Å². The molecule has 3 aromatic rings. The molecule has 3 unspecified atom stereocenters. The van der Waals surface area contributed by atoms with Gasteiger partial charge in [0.15, 0.2) is 5.65 Å². The topological polar surface area (TPSA) is 69.1 Å². The molecular weight excluding hydrogens is 278 g/mol. The Morgan fingerprint density at radius 1 is 1.18 bits per heavy atom. The maximum Gasteiger partial charge on any atom is 0.230 e. The van der Waals surface area contributed by atoms with Gasteiger partial charge in [-0.3, -0.25) is 4.40 Å². The zero-order chi connectivity index (χ0) is 14.7. The minimum absolute atomic E-state index is 0.386. The van der Waals surface area contributed by atoms with Crippen LogP contribution in [0.1, 0.15) is 30.5 Å². The third-order valence-electron chi connectivity index (χ3n) is 4.87. The molecule has 2 aliphatic rings. The minimum Gasteiger partial charge on any atom is -0.339 e. The highest BCUT2D eigenvalue weighted by atomic mass is 16.5. The molecular formula is C16H15N5O. The van der Waals surface area contributed by atoms with Gasteiger partial charge in [0.1, 0.15) is 5.82 Å². The lowest BCUT2D eigenvalue weighted by Crippen LogP contribution is -2.05. The fraction of sp³-hybridized carbons (Fsp3) is 0.375. The highest BCUT2D eigenvalue weighted by Crippen LogP contribution is 2.48. The highest BCUT2D eigenvalue weighted by molar-refractivity contribution is 5.57. The van der Waals surface area contributed by atoms with Crippen molar-refractivity contribution in [2.75, 3.05) is 0 Å². The Morgan fingerprint density at radius 3 is 2.95 bits per heavy atom. The van der Waals surface area contributed by atoms with Crippen molar-refractivity contribution in [2.45, 2.75) is 25.7 Å². The molecule has 110 valence electrons. The summed E-state index contributed by atoms with van der Waals surface area (Å²) in [6, 6.07) is 3.88. The molecule has 1 saturated carbocycles. The fourth-order valence-electron chi connectivity index (χ4n) is 3.71. The van der Waals surface area contributed by atoms with Gasteiger partial charge in [0.25, 0.3) is 0 Å². The molecule has 2 aliphatic carbocycles. The summed E-state index contributed by atoms with van der Waals surface area (Å²) in [5.74, 6) is 3.90. The molecule has 6 heteroatoms. The maximum absolute atomic E-state index is 5.54. The molecule has 0 saturated heterocycles. The molecule has 22 heavy (non-hydrogen) atoms. The number of allylic oxidation sites excluding steroid dienone is 2. The van der Waals surface area contributed by atoms with E-state index in [-0.39, 0.29) is 0 Å². The monoisotopic (exact) mass is 293 g/mol. The number of hydrogen-bond acceptors (Lipinski definition) is 5. The van der Waals surface area contributed by atoms with Crippen molar-refractivity contribution in [3.63, 3.8) is 0 Å². The van der Waals surface area contributed by atoms with Gasteiger partial charge in [-0.1, -0.05) is 17.3 Å². The number of aryl methyl sites for hydroxylation is 1. The van der Waals surface area contributed by atoms with Crippen LogP contribution in [0.3, 0.4) is 0 Å². The molecule has 3 heterocycles. The average Bonchev–Trinajstić information content (AvgIpc) is 3.31. The van der Waals surface area contributed by atoms with E-state index in [1.807, 2.05) is 29.7 Å². The van der Waals surface area contributed by atoms with Gasteiger partial charge in [-0.05, 0) is 43.7 Å². The third-order valence-corrected chi connectivity index (χ3v) is 4.87. The minimum atomic E-state index is 0.386. The fourth-order valence-corrected chi connectivity index (χ4v) is 3.71. The van der Waals surface area contributed by atoms with E-state index in [4.69, 9.17) is 4.52 Å². The molecule has 6 nitrogen and oxygen atoms in total. The first-order valence-corrected chi connectivity index (χ1v) is 7.61. The van der Waals surface area contributed by atoms with Crippen LogP contribution in [0.25, 0.3) is 17.0 Å². The largest absolute Gasteiger partial charge is 0.339 e. The first-order chi connectivity index (χ1) is 10.8. The first-order valence-electron chi connectivity index (χ1n) is 7.61. The highest BCUT2D eigenvalue weighted by Gasteiger charge is 2.39. The summed E-state index contributed by atoms with van der Waals surface area (Å²) < 4.78 is 7.48. The summed E-state index contributed by atoms with van der Waals surface area (Å²) in [5.41, 5.74) is 1.74. The Morgan fingerprint density at radius 2 is 2.14 bits per heavy atom. The van der Waals surface area contributed by atoms with Gasteiger partial charge >= 0.3 is 0 Å². The van der Waals surface area contributed by atoms with Crippen molar-refractivity contribution < 1.29 is 4.52 Å². The Balaban J connectivity index is 1.52. The van der Waals surface area contributed by atoms with E-state index in [0.29, 0.717) is 23.6 Å². The van der Waals surface area contributed by atoms with Crippen LogP contribution in [-0.2, 0) is 0 Å². The van der Waals surface area contributed by atoms with Gasteiger partial charge in [0.05, 0.1) is 0 Å².